The molecule has 0 saturated heterocycles. The molecule has 3 N–H and O–H groups in total. The van der Waals surface area contributed by atoms with Gasteiger partial charge in [-0.2, -0.15) is 0 Å². The van der Waals surface area contributed by atoms with Gasteiger partial charge in [-0.15, -0.1) is 0 Å². The van der Waals surface area contributed by atoms with E-state index in [9.17, 15) is 19.8 Å². The zero-order chi connectivity index (χ0) is 59.2. The minimum atomic E-state index is -0.844. The number of ether oxygens (including phenoxy) is 1. The zero-order valence-corrected chi connectivity index (χ0v) is 55.0. The van der Waals surface area contributed by atoms with Crippen molar-refractivity contribution < 1.29 is 24.5 Å². The number of amides is 1. The van der Waals surface area contributed by atoms with Crippen LogP contribution in [0, 0.1) is 0 Å². The van der Waals surface area contributed by atoms with Gasteiger partial charge in [0.15, 0.2) is 0 Å². The van der Waals surface area contributed by atoms with Gasteiger partial charge in [0.1, 0.15) is 0 Å². The molecule has 0 rings (SSSR count). The number of rotatable bonds is 68. The molecule has 0 radical (unpaired) electrons. The van der Waals surface area contributed by atoms with E-state index in [1.807, 2.05) is 6.08 Å². The minimum absolute atomic E-state index is 0.00607. The second-order valence-corrected chi connectivity index (χ2v) is 24.9. The van der Waals surface area contributed by atoms with Gasteiger partial charge in [0.25, 0.3) is 0 Å². The Morgan fingerprint density at radius 3 is 0.951 bits per heavy atom. The molecule has 6 heteroatoms. The van der Waals surface area contributed by atoms with Crippen LogP contribution in [0.2, 0.25) is 0 Å². The molecule has 0 aliphatic heterocycles. The van der Waals surface area contributed by atoms with Gasteiger partial charge in [-0.05, 0) is 96.3 Å². The van der Waals surface area contributed by atoms with Crippen LogP contribution in [-0.2, 0) is 14.3 Å². The van der Waals surface area contributed by atoms with E-state index in [-0.39, 0.29) is 18.5 Å². The number of aliphatic hydroxyl groups excluding tert-OH is 2. The van der Waals surface area contributed by atoms with E-state index < -0.39 is 12.1 Å². The SMILES string of the molecule is CCCCC/C=C\C/C=C\CCCCCCCCCC(=O)OCCCCCCCCCCC/C=C\C/C=C\CCCCCCCCCCCCCCCCCCCC(=O)NC(CO)C(O)/C=C/CCCCCCCCCCCCCCC. The number of nitrogens with one attached hydrogen (secondary N) is 1. The molecule has 0 aromatic heterocycles. The molecule has 0 aromatic rings. The van der Waals surface area contributed by atoms with Crippen LogP contribution in [-0.4, -0.2) is 47.4 Å². The molecule has 0 fully saturated rings. The molecule has 0 aliphatic rings. The first kappa shape index (κ1) is 79.6. The van der Waals surface area contributed by atoms with Crippen molar-refractivity contribution in [2.45, 2.75) is 398 Å². The molecule has 0 spiro atoms. The fourth-order valence-electron chi connectivity index (χ4n) is 11.2. The summed E-state index contributed by atoms with van der Waals surface area (Å²) in [6.07, 6.45) is 94.5. The molecule has 0 aliphatic carbocycles. The smallest absolute Gasteiger partial charge is 0.305 e. The van der Waals surface area contributed by atoms with Crippen molar-refractivity contribution in [3.8, 4) is 0 Å². The molecule has 2 unspecified atom stereocenters. The predicted octanol–water partition coefficient (Wildman–Crippen LogP) is 23.8. The number of hydrogen-bond acceptors (Lipinski definition) is 5. The molecule has 82 heavy (non-hydrogen) atoms. The molecule has 6 nitrogen and oxygen atoms in total. The standard InChI is InChI=1S/C76H141NO5/c1-3-5-7-9-11-13-15-17-19-37-42-46-50-54-58-62-66-70-76(81)82-71-67-63-59-55-51-47-43-39-36-34-32-30-28-26-24-22-20-21-23-25-27-29-31-33-35-38-41-45-49-53-57-61-65-69-75(80)77-73(72-78)74(79)68-64-60-56-52-48-44-40-18-16-14-12-10-8-6-4-2/h11,13,17,19,24,26,30,32,64,68,73-74,78-79H,3-10,12,14-16,18,20-23,25,27-29,31,33-63,65-67,69-72H2,1-2H3,(H,77,80)/b13-11-,19-17-,26-24-,32-30-,68-64+. The fraction of sp³-hybridized carbons (Fsp3) is 0.842. The average molecular weight is 1150 g/mol. The lowest BCUT2D eigenvalue weighted by atomic mass is 10.0. The quantitative estimate of drug-likeness (QED) is 0.0320. The number of esters is 1. The Labute approximate surface area is 511 Å². The highest BCUT2D eigenvalue weighted by Gasteiger charge is 2.18. The van der Waals surface area contributed by atoms with Crippen LogP contribution >= 0.6 is 0 Å². The number of aliphatic hydroxyl groups is 2. The van der Waals surface area contributed by atoms with Gasteiger partial charge in [-0.3, -0.25) is 9.59 Å². The molecule has 480 valence electrons. The van der Waals surface area contributed by atoms with Crippen molar-refractivity contribution in [3.63, 3.8) is 0 Å². The maximum atomic E-state index is 12.5. The van der Waals surface area contributed by atoms with Gasteiger partial charge in [0, 0.05) is 12.8 Å². The van der Waals surface area contributed by atoms with Crippen LogP contribution in [0.3, 0.4) is 0 Å². The van der Waals surface area contributed by atoms with Crippen molar-refractivity contribution in [3.05, 3.63) is 60.8 Å². The fourth-order valence-corrected chi connectivity index (χ4v) is 11.2. The summed E-state index contributed by atoms with van der Waals surface area (Å²) >= 11 is 0. The van der Waals surface area contributed by atoms with Crippen molar-refractivity contribution in [1.29, 1.82) is 0 Å². The molecular weight excluding hydrogens is 1010 g/mol. The maximum absolute atomic E-state index is 12.5. The van der Waals surface area contributed by atoms with Gasteiger partial charge in [-0.25, -0.2) is 0 Å². The third-order valence-electron chi connectivity index (χ3n) is 16.8. The first-order valence-electron chi connectivity index (χ1n) is 36.6. The van der Waals surface area contributed by atoms with Crippen LogP contribution in [0.5, 0.6) is 0 Å². The van der Waals surface area contributed by atoms with Crippen molar-refractivity contribution >= 4 is 11.9 Å². The van der Waals surface area contributed by atoms with Crippen LogP contribution in [0.25, 0.3) is 0 Å². The molecule has 1 amide bonds. The second kappa shape index (κ2) is 71.0. The summed E-state index contributed by atoms with van der Waals surface area (Å²) in [6, 6.07) is -0.627. The first-order chi connectivity index (χ1) is 40.5. The second-order valence-electron chi connectivity index (χ2n) is 24.9. The summed E-state index contributed by atoms with van der Waals surface area (Å²) in [6.45, 7) is 4.89. The lowest BCUT2D eigenvalue weighted by Crippen LogP contribution is -2.45. The van der Waals surface area contributed by atoms with Crippen molar-refractivity contribution in [1.82, 2.24) is 5.32 Å². The first-order valence-corrected chi connectivity index (χ1v) is 36.6. The van der Waals surface area contributed by atoms with Crippen LogP contribution < -0.4 is 5.32 Å². The Kier molecular flexibility index (Phi) is 68.9. The number of unbranched alkanes of at least 4 members (excludes halogenated alkanes) is 49. The van der Waals surface area contributed by atoms with E-state index in [1.165, 1.54) is 302 Å². The summed E-state index contributed by atoms with van der Waals surface area (Å²) in [5.74, 6) is -0.0585. The average Bonchev–Trinajstić information content (AvgIpc) is 3.48. The number of carbonyl (C=O) groups is 2. The highest BCUT2D eigenvalue weighted by atomic mass is 16.5. The Morgan fingerprint density at radius 1 is 0.341 bits per heavy atom. The highest BCUT2D eigenvalue weighted by Crippen LogP contribution is 2.18. The van der Waals surface area contributed by atoms with E-state index >= 15 is 0 Å². The maximum Gasteiger partial charge on any atom is 0.305 e. The number of hydrogen-bond donors (Lipinski definition) is 3. The topological polar surface area (TPSA) is 95.9 Å². The highest BCUT2D eigenvalue weighted by molar-refractivity contribution is 5.76. The van der Waals surface area contributed by atoms with E-state index in [4.69, 9.17) is 4.74 Å². The van der Waals surface area contributed by atoms with Crippen molar-refractivity contribution in [2.75, 3.05) is 13.2 Å². The van der Waals surface area contributed by atoms with Crippen LogP contribution in [0.1, 0.15) is 386 Å². The third kappa shape index (κ3) is 66.7. The van der Waals surface area contributed by atoms with Gasteiger partial charge < -0.3 is 20.3 Å². The molecule has 0 aromatic carbocycles. The molecular formula is C76H141NO5. The van der Waals surface area contributed by atoms with Gasteiger partial charge in [0.05, 0.1) is 25.4 Å². The van der Waals surface area contributed by atoms with E-state index in [2.05, 4.69) is 67.8 Å². The molecule has 2 atom stereocenters. The van der Waals surface area contributed by atoms with Crippen molar-refractivity contribution in [2.24, 2.45) is 0 Å². The Bertz CT molecular complexity index is 1420. The molecule has 0 bridgehead atoms. The lowest BCUT2D eigenvalue weighted by molar-refractivity contribution is -0.143. The predicted molar refractivity (Wildman–Crippen MR) is 361 cm³/mol. The van der Waals surface area contributed by atoms with Gasteiger partial charge in [0.2, 0.25) is 5.91 Å². The van der Waals surface area contributed by atoms with E-state index in [0.717, 1.165) is 57.8 Å². The number of carbonyl (C=O) groups excluding carboxylic acids is 2. The lowest BCUT2D eigenvalue weighted by Gasteiger charge is -2.20. The van der Waals surface area contributed by atoms with Crippen LogP contribution in [0.15, 0.2) is 60.8 Å². The normalized spacial score (nSPS) is 12.9. The molecule has 0 heterocycles. The monoisotopic (exact) mass is 1150 g/mol. The largest absolute Gasteiger partial charge is 0.466 e. The summed E-state index contributed by atoms with van der Waals surface area (Å²) in [7, 11) is 0. The summed E-state index contributed by atoms with van der Waals surface area (Å²) in [4.78, 5) is 24.6. The molecule has 0 saturated carbocycles. The minimum Gasteiger partial charge on any atom is -0.466 e. The van der Waals surface area contributed by atoms with Gasteiger partial charge in [-0.1, -0.05) is 338 Å². The Hall–Kier alpha value is -2.44. The van der Waals surface area contributed by atoms with Crippen LogP contribution in [0.4, 0.5) is 0 Å². The van der Waals surface area contributed by atoms with E-state index in [0.29, 0.717) is 19.4 Å². The zero-order valence-electron chi connectivity index (χ0n) is 55.0. The van der Waals surface area contributed by atoms with E-state index in [1.54, 1.807) is 6.08 Å². The summed E-state index contributed by atoms with van der Waals surface area (Å²) < 4.78 is 5.49. The van der Waals surface area contributed by atoms with Gasteiger partial charge >= 0.3 is 5.97 Å². The third-order valence-corrected chi connectivity index (χ3v) is 16.8. The summed E-state index contributed by atoms with van der Waals surface area (Å²) in [5, 5.41) is 23.2. The Balaban J connectivity index is 3.39. The number of allylic oxidation sites excluding steroid dienone is 9. The Morgan fingerprint density at radius 2 is 0.610 bits per heavy atom. The summed E-state index contributed by atoms with van der Waals surface area (Å²) in [5.41, 5.74) is 0.